The van der Waals surface area contributed by atoms with Crippen LogP contribution in [0.1, 0.15) is 32.6 Å². The molecule has 0 aromatic heterocycles. The van der Waals surface area contributed by atoms with E-state index in [-0.39, 0.29) is 0 Å². The van der Waals surface area contributed by atoms with Gasteiger partial charge in [0, 0.05) is 32.7 Å². The normalized spacial score (nSPS) is 20.6. The predicted octanol–water partition coefficient (Wildman–Crippen LogP) is 1.26. The predicted molar refractivity (Wildman–Crippen MR) is 69.0 cm³/mol. The van der Waals surface area contributed by atoms with Crippen molar-refractivity contribution in [3.05, 3.63) is 0 Å². The SMILES string of the molecule is CCOCCCC(=O)N1CCCC(CNC)C1. The van der Waals surface area contributed by atoms with Crippen LogP contribution in [-0.4, -0.2) is 50.7 Å². The van der Waals surface area contributed by atoms with Crippen LogP contribution in [0.15, 0.2) is 0 Å². The van der Waals surface area contributed by atoms with Crippen LogP contribution in [0.2, 0.25) is 0 Å². The van der Waals surface area contributed by atoms with Gasteiger partial charge in [-0.3, -0.25) is 4.79 Å². The summed E-state index contributed by atoms with van der Waals surface area (Å²) in [6.07, 6.45) is 3.86. The van der Waals surface area contributed by atoms with Crippen LogP contribution in [0.25, 0.3) is 0 Å². The van der Waals surface area contributed by atoms with E-state index in [1.807, 2.05) is 18.9 Å². The Balaban J connectivity index is 2.21. The average Bonchev–Trinajstić information content (AvgIpc) is 2.35. The molecule has 1 amide bonds. The second-order valence-electron chi connectivity index (χ2n) is 4.71. The summed E-state index contributed by atoms with van der Waals surface area (Å²) in [5.41, 5.74) is 0. The Kier molecular flexibility index (Phi) is 7.21. The molecule has 1 N–H and O–H groups in total. The van der Waals surface area contributed by atoms with Crippen molar-refractivity contribution in [2.45, 2.75) is 32.6 Å². The lowest BCUT2D eigenvalue weighted by Gasteiger charge is -2.32. The van der Waals surface area contributed by atoms with Gasteiger partial charge >= 0.3 is 0 Å². The highest BCUT2D eigenvalue weighted by atomic mass is 16.5. The fourth-order valence-electron chi connectivity index (χ4n) is 2.37. The van der Waals surface area contributed by atoms with Crippen LogP contribution < -0.4 is 5.32 Å². The van der Waals surface area contributed by atoms with Gasteiger partial charge in [-0.1, -0.05) is 0 Å². The van der Waals surface area contributed by atoms with Crippen molar-refractivity contribution >= 4 is 5.91 Å². The molecule has 1 aliphatic heterocycles. The smallest absolute Gasteiger partial charge is 0.222 e. The summed E-state index contributed by atoms with van der Waals surface area (Å²) < 4.78 is 5.25. The number of ether oxygens (including phenoxy) is 1. The largest absolute Gasteiger partial charge is 0.382 e. The third-order valence-electron chi connectivity index (χ3n) is 3.25. The van der Waals surface area contributed by atoms with Crippen molar-refractivity contribution in [3.8, 4) is 0 Å². The van der Waals surface area contributed by atoms with Crippen molar-refractivity contribution in [1.82, 2.24) is 10.2 Å². The summed E-state index contributed by atoms with van der Waals surface area (Å²) >= 11 is 0. The van der Waals surface area contributed by atoms with E-state index in [2.05, 4.69) is 5.32 Å². The topological polar surface area (TPSA) is 41.6 Å². The lowest BCUT2D eigenvalue weighted by molar-refractivity contribution is -0.133. The molecule has 1 fully saturated rings. The molecule has 1 rings (SSSR count). The van der Waals surface area contributed by atoms with E-state index in [0.29, 0.717) is 24.9 Å². The van der Waals surface area contributed by atoms with Crippen LogP contribution >= 0.6 is 0 Å². The van der Waals surface area contributed by atoms with Crippen molar-refractivity contribution in [1.29, 1.82) is 0 Å². The van der Waals surface area contributed by atoms with Gasteiger partial charge < -0.3 is 15.0 Å². The van der Waals surface area contributed by atoms with Gasteiger partial charge in [0.2, 0.25) is 5.91 Å². The van der Waals surface area contributed by atoms with E-state index in [0.717, 1.165) is 39.1 Å². The van der Waals surface area contributed by atoms with Crippen LogP contribution in [0, 0.1) is 5.92 Å². The molecule has 1 unspecified atom stereocenters. The highest BCUT2D eigenvalue weighted by molar-refractivity contribution is 5.76. The number of hydrogen-bond donors (Lipinski definition) is 1. The minimum atomic E-state index is 0.297. The monoisotopic (exact) mass is 242 g/mol. The molecule has 0 spiro atoms. The molecule has 0 bridgehead atoms. The average molecular weight is 242 g/mol. The van der Waals surface area contributed by atoms with Crippen molar-refractivity contribution in [3.63, 3.8) is 0 Å². The minimum absolute atomic E-state index is 0.297. The molecule has 1 saturated heterocycles. The quantitative estimate of drug-likeness (QED) is 0.683. The standard InChI is InChI=1S/C13H26N2O2/c1-3-17-9-5-7-13(16)15-8-4-6-12(11-15)10-14-2/h12,14H,3-11H2,1-2H3. The molecule has 0 radical (unpaired) electrons. The maximum absolute atomic E-state index is 12.0. The number of nitrogens with one attached hydrogen (secondary N) is 1. The van der Waals surface area contributed by atoms with Gasteiger partial charge in [-0.25, -0.2) is 0 Å². The summed E-state index contributed by atoms with van der Waals surface area (Å²) in [4.78, 5) is 14.0. The molecule has 0 saturated carbocycles. The molecule has 4 nitrogen and oxygen atoms in total. The van der Waals surface area contributed by atoms with Crippen LogP contribution in [0.3, 0.4) is 0 Å². The molecule has 1 heterocycles. The summed E-state index contributed by atoms with van der Waals surface area (Å²) in [6.45, 7) is 6.30. The third kappa shape index (κ3) is 5.50. The van der Waals surface area contributed by atoms with Gasteiger partial charge in [0.25, 0.3) is 0 Å². The number of carbonyl (C=O) groups excluding carboxylic acids is 1. The highest BCUT2D eigenvalue weighted by Crippen LogP contribution is 2.16. The summed E-state index contributed by atoms with van der Waals surface area (Å²) in [6, 6.07) is 0. The van der Waals surface area contributed by atoms with Gasteiger partial charge in [0.15, 0.2) is 0 Å². The lowest BCUT2D eigenvalue weighted by Crippen LogP contribution is -2.42. The lowest BCUT2D eigenvalue weighted by atomic mass is 9.97. The zero-order chi connectivity index (χ0) is 12.5. The molecule has 1 atom stereocenters. The second kappa shape index (κ2) is 8.48. The van der Waals surface area contributed by atoms with Gasteiger partial charge in [-0.2, -0.15) is 0 Å². The maximum atomic E-state index is 12.0. The first-order chi connectivity index (χ1) is 8.27. The summed E-state index contributed by atoms with van der Waals surface area (Å²) in [7, 11) is 1.98. The molecular weight excluding hydrogens is 216 g/mol. The number of carbonyl (C=O) groups is 1. The molecular formula is C13H26N2O2. The molecule has 0 aliphatic carbocycles. The zero-order valence-electron chi connectivity index (χ0n) is 11.2. The highest BCUT2D eigenvalue weighted by Gasteiger charge is 2.22. The third-order valence-corrected chi connectivity index (χ3v) is 3.25. The molecule has 1 aliphatic rings. The molecule has 0 aromatic rings. The number of nitrogens with zero attached hydrogens (tertiary/aromatic N) is 1. The number of hydrogen-bond acceptors (Lipinski definition) is 3. The Hall–Kier alpha value is -0.610. The number of amides is 1. The van der Waals surface area contributed by atoms with E-state index in [1.165, 1.54) is 6.42 Å². The molecule has 100 valence electrons. The van der Waals surface area contributed by atoms with Gasteiger partial charge in [0.1, 0.15) is 0 Å². The molecule has 4 heteroatoms. The Bertz CT molecular complexity index is 219. The van der Waals surface area contributed by atoms with Gasteiger partial charge in [-0.15, -0.1) is 0 Å². The second-order valence-corrected chi connectivity index (χ2v) is 4.71. The van der Waals surface area contributed by atoms with Crippen LogP contribution in [-0.2, 0) is 9.53 Å². The van der Waals surface area contributed by atoms with E-state index in [4.69, 9.17) is 4.74 Å². The van der Waals surface area contributed by atoms with E-state index in [1.54, 1.807) is 0 Å². The minimum Gasteiger partial charge on any atom is -0.382 e. The summed E-state index contributed by atoms with van der Waals surface area (Å²) in [5, 5.41) is 3.20. The van der Waals surface area contributed by atoms with Gasteiger partial charge in [0.05, 0.1) is 0 Å². The maximum Gasteiger partial charge on any atom is 0.222 e. The Morgan fingerprint density at radius 2 is 2.35 bits per heavy atom. The van der Waals surface area contributed by atoms with Crippen LogP contribution in [0.5, 0.6) is 0 Å². The number of likely N-dealkylation sites (tertiary alicyclic amines) is 1. The Labute approximate surface area is 105 Å². The zero-order valence-corrected chi connectivity index (χ0v) is 11.2. The van der Waals surface area contributed by atoms with Crippen LogP contribution in [0.4, 0.5) is 0 Å². The van der Waals surface area contributed by atoms with Crippen molar-refractivity contribution < 1.29 is 9.53 Å². The number of piperidine rings is 1. The van der Waals surface area contributed by atoms with E-state index in [9.17, 15) is 4.79 Å². The fourth-order valence-corrected chi connectivity index (χ4v) is 2.37. The Morgan fingerprint density at radius 3 is 3.06 bits per heavy atom. The van der Waals surface area contributed by atoms with Gasteiger partial charge in [-0.05, 0) is 45.7 Å². The first-order valence-electron chi connectivity index (χ1n) is 6.78. The van der Waals surface area contributed by atoms with Crippen molar-refractivity contribution in [2.24, 2.45) is 5.92 Å². The fraction of sp³-hybridized carbons (Fsp3) is 0.923. The van der Waals surface area contributed by atoms with E-state index >= 15 is 0 Å². The number of rotatable bonds is 7. The Morgan fingerprint density at radius 1 is 1.53 bits per heavy atom. The van der Waals surface area contributed by atoms with E-state index < -0.39 is 0 Å². The van der Waals surface area contributed by atoms with Crippen molar-refractivity contribution in [2.75, 3.05) is 39.9 Å². The first kappa shape index (κ1) is 14.5. The summed E-state index contributed by atoms with van der Waals surface area (Å²) in [5.74, 6) is 0.926. The molecule has 17 heavy (non-hydrogen) atoms. The molecule has 0 aromatic carbocycles. The first-order valence-corrected chi connectivity index (χ1v) is 6.78.